The van der Waals surface area contributed by atoms with Gasteiger partial charge in [-0.25, -0.2) is 0 Å². The molecule has 2 atom stereocenters. The summed E-state index contributed by atoms with van der Waals surface area (Å²) < 4.78 is 4.91. The Morgan fingerprint density at radius 3 is 1.85 bits per heavy atom. The van der Waals surface area contributed by atoms with E-state index in [0.717, 1.165) is 0 Å². The molecule has 0 aromatic heterocycles. The smallest absolute Gasteiger partial charge is 0.181 e. The lowest BCUT2D eigenvalue weighted by atomic mass is 9.57. The largest absolute Gasteiger partial charge is 0.421 e. The van der Waals surface area contributed by atoms with Gasteiger partial charge in [0, 0.05) is 12.3 Å². The number of ketones is 1. The van der Waals surface area contributed by atoms with Crippen molar-refractivity contribution in [3.05, 3.63) is 0 Å². The second-order valence-corrected chi connectivity index (χ2v) is 8.82. The van der Waals surface area contributed by atoms with Crippen LogP contribution in [-0.2, 0) is 9.22 Å². The highest BCUT2D eigenvalue weighted by molar-refractivity contribution is 6.60. The summed E-state index contributed by atoms with van der Waals surface area (Å²) in [7, 11) is 0.614. The Morgan fingerprint density at radius 1 is 1.20 bits per heavy atom. The third kappa shape index (κ3) is 2.71. The van der Waals surface area contributed by atoms with Gasteiger partial charge < -0.3 is 4.43 Å². The van der Waals surface area contributed by atoms with Gasteiger partial charge in [0.2, 0.25) is 0 Å². The molecule has 2 unspecified atom stereocenters. The number of rotatable bonds is 6. The number of Topliss-reactive ketones (excluding diaryl/α,β-unsaturated/α-hetero) is 1. The molecule has 0 aliphatic heterocycles. The van der Waals surface area contributed by atoms with Gasteiger partial charge in [0.05, 0.1) is 5.60 Å². The van der Waals surface area contributed by atoms with Gasteiger partial charge in [-0.05, 0) is 23.7 Å². The predicted octanol–water partition coefficient (Wildman–Crippen LogP) is 3.37. The van der Waals surface area contributed by atoms with Crippen LogP contribution in [0.5, 0.6) is 0 Å². The summed E-state index contributed by atoms with van der Waals surface area (Å²) in [6.45, 7) is 13.2. The summed E-state index contributed by atoms with van der Waals surface area (Å²) in [6, 6.07) is 0. The van der Waals surface area contributed by atoms with Crippen molar-refractivity contribution in [2.75, 3.05) is 0 Å². The van der Waals surface area contributed by atoms with E-state index in [1.54, 1.807) is 0 Å². The van der Waals surface area contributed by atoms with Crippen molar-refractivity contribution >= 4 is 39.5 Å². The third-order valence-electron chi connectivity index (χ3n) is 4.96. The fourth-order valence-corrected chi connectivity index (χ4v) is 5.98. The molecule has 20 heavy (non-hydrogen) atoms. The highest BCUT2D eigenvalue weighted by Gasteiger charge is 2.65. The van der Waals surface area contributed by atoms with Crippen LogP contribution in [0.15, 0.2) is 0 Å². The third-order valence-corrected chi connectivity index (χ3v) is 6.61. The summed E-state index contributed by atoms with van der Waals surface area (Å²) in [5.74, 6) is 1.32. The summed E-state index contributed by atoms with van der Waals surface area (Å²) >= 11 is 12.7. The first-order chi connectivity index (χ1) is 9.03. The first-order valence-corrected chi connectivity index (χ1v) is 9.06. The second-order valence-electron chi connectivity index (χ2n) is 7.03. The molecule has 0 saturated heterocycles. The Hall–Kier alpha value is 0.427. The number of carbonyl (C=O) groups is 1. The molecule has 0 N–H and O–H groups in total. The minimum atomic E-state index is -1.28. The number of alkyl halides is 2. The van der Waals surface area contributed by atoms with Gasteiger partial charge >= 0.3 is 0 Å². The van der Waals surface area contributed by atoms with E-state index in [4.69, 9.17) is 27.6 Å². The molecule has 0 spiro atoms. The fourth-order valence-electron chi connectivity index (χ4n) is 4.30. The molecule has 5 heteroatoms. The van der Waals surface area contributed by atoms with Crippen LogP contribution >= 0.6 is 23.2 Å². The standard InChI is InChI=1S/C15H28Cl2O2Si/c1-8(2)13(9(3)4)14(19-20,10(5)6)11-7-12(18)15(11,16)17/h8-11,13H,7H2,1-6,20H3. The fraction of sp³-hybridized carbons (Fsp3) is 0.933. The number of halogens is 2. The van der Waals surface area contributed by atoms with E-state index >= 15 is 0 Å². The van der Waals surface area contributed by atoms with Crippen LogP contribution < -0.4 is 0 Å². The lowest BCUT2D eigenvalue weighted by molar-refractivity contribution is -0.157. The Morgan fingerprint density at radius 2 is 1.65 bits per heavy atom. The quantitative estimate of drug-likeness (QED) is 0.548. The van der Waals surface area contributed by atoms with E-state index in [2.05, 4.69) is 41.5 Å². The van der Waals surface area contributed by atoms with Crippen molar-refractivity contribution in [1.29, 1.82) is 0 Å². The first kappa shape index (κ1) is 18.5. The zero-order valence-corrected chi connectivity index (χ0v) is 17.2. The summed E-state index contributed by atoms with van der Waals surface area (Å²) in [4.78, 5) is 11.8. The zero-order valence-electron chi connectivity index (χ0n) is 13.7. The van der Waals surface area contributed by atoms with Gasteiger partial charge in [0.1, 0.15) is 10.5 Å². The van der Waals surface area contributed by atoms with Crippen molar-refractivity contribution in [2.45, 2.75) is 57.9 Å². The molecule has 0 aromatic carbocycles. The molecule has 1 saturated carbocycles. The minimum Gasteiger partial charge on any atom is -0.421 e. The Labute approximate surface area is 136 Å². The van der Waals surface area contributed by atoms with Gasteiger partial charge in [-0.2, -0.15) is 0 Å². The van der Waals surface area contributed by atoms with Crippen molar-refractivity contribution in [3.63, 3.8) is 0 Å². The van der Waals surface area contributed by atoms with Crippen LogP contribution in [0.25, 0.3) is 0 Å². The Kier molecular flexibility index (Phi) is 5.80. The molecule has 1 fully saturated rings. The molecule has 118 valence electrons. The molecular formula is C15H28Cl2O2Si. The minimum absolute atomic E-state index is 0.0687. The van der Waals surface area contributed by atoms with Crippen LogP contribution in [-0.4, -0.2) is 26.2 Å². The van der Waals surface area contributed by atoms with Crippen LogP contribution in [0.3, 0.4) is 0 Å². The average molecular weight is 339 g/mol. The van der Waals surface area contributed by atoms with Gasteiger partial charge in [0.15, 0.2) is 10.1 Å². The maximum Gasteiger partial charge on any atom is 0.181 e. The van der Waals surface area contributed by atoms with E-state index in [0.29, 0.717) is 34.7 Å². The molecule has 0 aromatic rings. The average Bonchev–Trinajstić information content (AvgIpc) is 2.31. The van der Waals surface area contributed by atoms with Gasteiger partial charge in [-0.3, -0.25) is 4.79 Å². The molecule has 1 rings (SSSR count). The van der Waals surface area contributed by atoms with Crippen LogP contribution in [0.1, 0.15) is 48.0 Å². The zero-order chi connectivity index (χ0) is 15.9. The van der Waals surface area contributed by atoms with Gasteiger partial charge in [-0.15, -0.1) is 0 Å². The molecule has 0 amide bonds. The van der Waals surface area contributed by atoms with Crippen molar-refractivity contribution in [3.8, 4) is 0 Å². The van der Waals surface area contributed by atoms with E-state index in [1.165, 1.54) is 0 Å². The number of hydrogen-bond acceptors (Lipinski definition) is 2. The van der Waals surface area contributed by atoms with Crippen LogP contribution in [0, 0.1) is 29.6 Å². The van der Waals surface area contributed by atoms with E-state index in [-0.39, 0.29) is 17.6 Å². The Balaban J connectivity index is 3.33. The molecule has 1 aliphatic rings. The van der Waals surface area contributed by atoms with Crippen molar-refractivity contribution in [2.24, 2.45) is 29.6 Å². The lowest BCUT2D eigenvalue weighted by Gasteiger charge is -2.58. The highest BCUT2D eigenvalue weighted by Crippen LogP contribution is 2.57. The van der Waals surface area contributed by atoms with E-state index < -0.39 is 9.93 Å². The molecule has 0 heterocycles. The van der Waals surface area contributed by atoms with Crippen LogP contribution in [0.4, 0.5) is 0 Å². The number of carbonyl (C=O) groups excluding carboxylic acids is 1. The molecular weight excluding hydrogens is 311 g/mol. The summed E-state index contributed by atoms with van der Waals surface area (Å²) in [6.07, 6.45) is 0.434. The van der Waals surface area contributed by atoms with Crippen molar-refractivity contribution in [1.82, 2.24) is 0 Å². The molecule has 1 aliphatic carbocycles. The van der Waals surface area contributed by atoms with Crippen LogP contribution in [0.2, 0.25) is 0 Å². The summed E-state index contributed by atoms with van der Waals surface area (Å²) in [5.41, 5.74) is -0.411. The molecule has 2 nitrogen and oxygen atoms in total. The normalized spacial score (nSPS) is 25.6. The highest BCUT2D eigenvalue weighted by atomic mass is 35.5. The molecule has 0 radical (unpaired) electrons. The van der Waals surface area contributed by atoms with Gasteiger partial charge in [0.25, 0.3) is 0 Å². The number of hydrogen-bond donors (Lipinski definition) is 0. The van der Waals surface area contributed by atoms with Crippen molar-refractivity contribution < 1.29 is 9.22 Å². The monoisotopic (exact) mass is 338 g/mol. The van der Waals surface area contributed by atoms with E-state index in [9.17, 15) is 4.79 Å². The summed E-state index contributed by atoms with van der Waals surface area (Å²) in [5, 5.41) is 0. The van der Waals surface area contributed by atoms with Gasteiger partial charge in [-0.1, -0.05) is 64.7 Å². The second kappa shape index (κ2) is 6.27. The lowest BCUT2D eigenvalue weighted by Crippen LogP contribution is -2.66. The Bertz CT molecular complexity index is 361. The maximum absolute atomic E-state index is 11.8. The van der Waals surface area contributed by atoms with E-state index in [1.807, 2.05) is 0 Å². The topological polar surface area (TPSA) is 26.3 Å². The SMILES string of the molecule is CC(C)C(C(C)C)C(O[SiH3])(C(C)C)C1CC(=O)C1(Cl)Cl. The first-order valence-electron chi connectivity index (χ1n) is 7.49. The molecule has 0 bridgehead atoms. The maximum atomic E-state index is 11.8. The predicted molar refractivity (Wildman–Crippen MR) is 89.3 cm³/mol.